The fourth-order valence-corrected chi connectivity index (χ4v) is 3.54. The second-order valence-electron chi connectivity index (χ2n) is 6.55. The van der Waals surface area contributed by atoms with Crippen LogP contribution in [0.15, 0.2) is 18.2 Å². The van der Waals surface area contributed by atoms with Crippen molar-refractivity contribution in [2.45, 2.75) is 40.2 Å². The Morgan fingerprint density at radius 3 is 2.59 bits per heavy atom. The summed E-state index contributed by atoms with van der Waals surface area (Å²) in [6.07, 6.45) is 0.248. The van der Waals surface area contributed by atoms with Crippen molar-refractivity contribution in [2.24, 2.45) is 0 Å². The van der Waals surface area contributed by atoms with E-state index in [0.29, 0.717) is 35.2 Å². The van der Waals surface area contributed by atoms with Gasteiger partial charge in [0.2, 0.25) is 5.88 Å². The van der Waals surface area contributed by atoms with Gasteiger partial charge < -0.3 is 9.47 Å². The van der Waals surface area contributed by atoms with Gasteiger partial charge in [-0.15, -0.1) is 0 Å². The smallest absolute Gasteiger partial charge is 0.414 e. The zero-order valence-corrected chi connectivity index (χ0v) is 16.4. The van der Waals surface area contributed by atoms with Crippen molar-refractivity contribution in [3.8, 4) is 17.7 Å². The molecule has 1 unspecified atom stereocenters. The largest absolute Gasteiger partial charge is 0.447 e. The van der Waals surface area contributed by atoms with Crippen LogP contribution in [0.1, 0.15) is 35.7 Å². The summed E-state index contributed by atoms with van der Waals surface area (Å²) in [4.78, 5) is 18.2. The zero-order chi connectivity index (χ0) is 19.7. The van der Waals surface area contributed by atoms with E-state index in [-0.39, 0.29) is 17.5 Å². The van der Waals surface area contributed by atoms with Gasteiger partial charge in [0.1, 0.15) is 24.0 Å². The van der Waals surface area contributed by atoms with E-state index in [1.54, 1.807) is 25.1 Å². The summed E-state index contributed by atoms with van der Waals surface area (Å²) in [6.45, 7) is 7.82. The number of rotatable bonds is 4. The van der Waals surface area contributed by atoms with Crippen LogP contribution in [0.25, 0.3) is 0 Å². The van der Waals surface area contributed by atoms with E-state index in [2.05, 4.69) is 11.1 Å². The monoisotopic (exact) mass is 385 g/mol. The summed E-state index contributed by atoms with van der Waals surface area (Å²) in [5.74, 6) is 0.756. The van der Waals surface area contributed by atoms with Gasteiger partial charge in [0.05, 0.1) is 11.7 Å². The number of halogens is 1. The zero-order valence-electron chi connectivity index (χ0n) is 15.7. The number of nitrogens with zero attached hydrogens (tertiary/aromatic N) is 3. The average Bonchev–Trinajstić information content (AvgIpc) is 2.98. The van der Waals surface area contributed by atoms with Crippen molar-refractivity contribution in [3.63, 3.8) is 0 Å². The molecule has 6 nitrogen and oxygen atoms in total. The number of ether oxygens (including phenoxy) is 2. The molecule has 1 amide bonds. The number of cyclic esters (lactones) is 1. The molecule has 3 rings (SSSR count). The molecule has 0 saturated carbocycles. The number of carbonyl (C=O) groups excluding carboxylic acids is 1. The van der Waals surface area contributed by atoms with Gasteiger partial charge in [-0.2, -0.15) is 5.26 Å². The number of anilines is 1. The summed E-state index contributed by atoms with van der Waals surface area (Å²) >= 11 is 6.09. The molecule has 7 heteroatoms. The second-order valence-corrected chi connectivity index (χ2v) is 6.99. The number of amides is 1. The Morgan fingerprint density at radius 1 is 1.33 bits per heavy atom. The van der Waals surface area contributed by atoms with Crippen molar-refractivity contribution >= 4 is 23.4 Å². The first-order valence-corrected chi connectivity index (χ1v) is 9.05. The van der Waals surface area contributed by atoms with Gasteiger partial charge in [-0.05, 0) is 56.5 Å². The SMILES string of the molecule is CCC1COC(=O)N1c1cc(C)nc(Oc2c(C)cc(Cl)cc2C)c1C#N. The molecule has 27 heavy (non-hydrogen) atoms. The van der Waals surface area contributed by atoms with Crippen LogP contribution >= 0.6 is 11.6 Å². The number of pyridine rings is 1. The van der Waals surface area contributed by atoms with Gasteiger partial charge in [0, 0.05) is 10.7 Å². The van der Waals surface area contributed by atoms with Crippen LogP contribution < -0.4 is 9.64 Å². The van der Waals surface area contributed by atoms with Crippen LogP contribution in [0, 0.1) is 32.1 Å². The Morgan fingerprint density at radius 2 is 2.00 bits per heavy atom. The molecular weight excluding hydrogens is 366 g/mol. The highest BCUT2D eigenvalue weighted by atomic mass is 35.5. The maximum atomic E-state index is 12.3. The van der Waals surface area contributed by atoms with Gasteiger partial charge in [-0.25, -0.2) is 9.78 Å². The van der Waals surface area contributed by atoms with Crippen LogP contribution in [-0.2, 0) is 4.74 Å². The number of aromatic nitrogens is 1. The Balaban J connectivity index is 2.12. The van der Waals surface area contributed by atoms with E-state index in [0.717, 1.165) is 11.1 Å². The standard InChI is InChI=1S/C20H20ClN3O3/c1-5-15-10-26-20(25)24(15)17-8-13(4)23-19(16(17)9-22)27-18-11(2)6-14(21)7-12(18)3/h6-8,15H,5,10H2,1-4H3. The average molecular weight is 386 g/mol. The molecule has 140 valence electrons. The predicted molar refractivity (Wildman–Crippen MR) is 103 cm³/mol. The van der Waals surface area contributed by atoms with Crippen LogP contribution in [-0.4, -0.2) is 23.7 Å². The molecule has 1 aromatic heterocycles. The van der Waals surface area contributed by atoms with E-state index in [1.807, 2.05) is 20.8 Å². The van der Waals surface area contributed by atoms with Crippen LogP contribution in [0.4, 0.5) is 10.5 Å². The Bertz CT molecular complexity index is 929. The third-order valence-electron chi connectivity index (χ3n) is 4.52. The molecule has 1 saturated heterocycles. The first-order chi connectivity index (χ1) is 12.8. The fourth-order valence-electron chi connectivity index (χ4n) is 3.21. The van der Waals surface area contributed by atoms with Crippen molar-refractivity contribution in [3.05, 3.63) is 45.6 Å². The molecular formula is C20H20ClN3O3. The highest BCUT2D eigenvalue weighted by molar-refractivity contribution is 6.30. The highest BCUT2D eigenvalue weighted by Gasteiger charge is 2.35. The number of hydrogen-bond acceptors (Lipinski definition) is 5. The first kappa shape index (κ1) is 19.0. The van der Waals surface area contributed by atoms with Gasteiger partial charge in [0.25, 0.3) is 0 Å². The Labute approximate surface area is 163 Å². The Hall–Kier alpha value is -2.78. The lowest BCUT2D eigenvalue weighted by atomic mass is 10.1. The normalized spacial score (nSPS) is 16.2. The first-order valence-electron chi connectivity index (χ1n) is 8.68. The van der Waals surface area contributed by atoms with Gasteiger partial charge >= 0.3 is 6.09 Å². The molecule has 0 bridgehead atoms. The molecule has 1 atom stereocenters. The number of nitriles is 1. The van der Waals surface area contributed by atoms with Gasteiger partial charge in [-0.1, -0.05) is 18.5 Å². The molecule has 0 spiro atoms. The van der Waals surface area contributed by atoms with Crippen LogP contribution in [0.5, 0.6) is 11.6 Å². The minimum Gasteiger partial charge on any atom is -0.447 e. The molecule has 0 aliphatic carbocycles. The van der Waals surface area contributed by atoms with E-state index >= 15 is 0 Å². The molecule has 2 heterocycles. The molecule has 1 aliphatic heterocycles. The number of benzene rings is 1. The predicted octanol–water partition coefficient (Wildman–Crippen LogP) is 5.06. The Kier molecular flexibility index (Phi) is 5.24. The van der Waals surface area contributed by atoms with E-state index in [4.69, 9.17) is 21.1 Å². The maximum absolute atomic E-state index is 12.3. The van der Waals surface area contributed by atoms with E-state index < -0.39 is 6.09 Å². The molecule has 1 aliphatic rings. The van der Waals surface area contributed by atoms with Crippen molar-refractivity contribution in [1.82, 2.24) is 4.98 Å². The number of hydrogen-bond donors (Lipinski definition) is 0. The van der Waals surface area contributed by atoms with Crippen LogP contribution in [0.3, 0.4) is 0 Å². The molecule has 0 N–H and O–H groups in total. The van der Waals surface area contributed by atoms with Crippen molar-refractivity contribution in [2.75, 3.05) is 11.5 Å². The van der Waals surface area contributed by atoms with Crippen LogP contribution in [0.2, 0.25) is 5.02 Å². The lowest BCUT2D eigenvalue weighted by molar-refractivity contribution is 0.178. The third kappa shape index (κ3) is 3.56. The highest BCUT2D eigenvalue weighted by Crippen LogP contribution is 2.37. The summed E-state index contributed by atoms with van der Waals surface area (Å²) in [7, 11) is 0. The summed E-state index contributed by atoms with van der Waals surface area (Å²) < 4.78 is 11.2. The molecule has 1 aromatic carbocycles. The summed E-state index contributed by atoms with van der Waals surface area (Å²) in [5, 5.41) is 10.4. The lowest BCUT2D eigenvalue weighted by Gasteiger charge is -2.23. The van der Waals surface area contributed by atoms with Crippen molar-refractivity contribution in [1.29, 1.82) is 5.26 Å². The summed E-state index contributed by atoms with van der Waals surface area (Å²) in [6, 6.07) is 7.30. The molecule has 1 fully saturated rings. The van der Waals surface area contributed by atoms with E-state index in [9.17, 15) is 10.1 Å². The molecule has 0 radical (unpaired) electrons. The quantitative estimate of drug-likeness (QED) is 0.735. The topological polar surface area (TPSA) is 75.4 Å². The minimum absolute atomic E-state index is 0.127. The third-order valence-corrected chi connectivity index (χ3v) is 4.74. The van der Waals surface area contributed by atoms with Gasteiger partial charge in [-0.3, -0.25) is 4.90 Å². The van der Waals surface area contributed by atoms with Gasteiger partial charge in [0.15, 0.2) is 0 Å². The number of carbonyl (C=O) groups is 1. The summed E-state index contributed by atoms with van der Waals surface area (Å²) in [5.41, 5.74) is 2.96. The fraction of sp³-hybridized carbons (Fsp3) is 0.350. The van der Waals surface area contributed by atoms with E-state index in [1.165, 1.54) is 4.90 Å². The maximum Gasteiger partial charge on any atom is 0.414 e. The second kappa shape index (κ2) is 7.45. The number of aryl methyl sites for hydroxylation is 3. The van der Waals surface area contributed by atoms with Crippen molar-refractivity contribution < 1.29 is 14.3 Å². The minimum atomic E-state index is -0.464. The lowest BCUT2D eigenvalue weighted by Crippen LogP contribution is -2.33. The molecule has 2 aromatic rings.